The fourth-order valence-corrected chi connectivity index (χ4v) is 3.00. The summed E-state index contributed by atoms with van der Waals surface area (Å²) in [5.41, 5.74) is 0.482. The van der Waals surface area contributed by atoms with Crippen LogP contribution in [0.15, 0.2) is 54.0 Å². The Morgan fingerprint density at radius 3 is 2.88 bits per heavy atom. The molecule has 138 valence electrons. The second kappa shape index (κ2) is 12.6. The van der Waals surface area contributed by atoms with Crippen molar-refractivity contribution < 1.29 is 13.7 Å². The largest absolute Gasteiger partial charge is 0.380 e. The van der Waals surface area contributed by atoms with Gasteiger partial charge in [-0.3, -0.25) is 9.00 Å². The normalized spacial score (nSPS) is 18.6. The van der Waals surface area contributed by atoms with E-state index in [1.54, 1.807) is 36.6 Å². The third-order valence-electron chi connectivity index (χ3n) is 3.53. The molecule has 1 aliphatic heterocycles. The summed E-state index contributed by atoms with van der Waals surface area (Å²) in [4.78, 5) is 12.8. The van der Waals surface area contributed by atoms with Crippen molar-refractivity contribution in [2.75, 3.05) is 39.1 Å². The summed E-state index contributed by atoms with van der Waals surface area (Å²) >= 11 is 0. The Morgan fingerprint density at radius 1 is 1.48 bits per heavy atom. The zero-order valence-corrected chi connectivity index (χ0v) is 15.8. The molecule has 0 aromatic heterocycles. The minimum Gasteiger partial charge on any atom is -0.380 e. The summed E-state index contributed by atoms with van der Waals surface area (Å²) in [7, 11) is -1.17. The third-order valence-corrected chi connectivity index (χ3v) is 4.51. The Labute approximate surface area is 153 Å². The van der Waals surface area contributed by atoms with Crippen molar-refractivity contribution in [2.45, 2.75) is 11.8 Å². The van der Waals surface area contributed by atoms with Gasteiger partial charge in [-0.05, 0) is 19.1 Å². The van der Waals surface area contributed by atoms with E-state index in [1.807, 2.05) is 19.1 Å². The number of carbonyl (C=O) groups is 1. The minimum atomic E-state index is -1.17. The second-order valence-corrected chi connectivity index (χ2v) is 6.91. The standard InChI is InChI=1S/C14H20N2O3S.C5H8/c1-20(18)13-5-3-2-4-12(13)14(17)16-9-11-8-15-6-7-19-10-11;1-3-5-4-2/h2-5,11,15H,6-10H2,1H3,(H,16,17);3-5H,1H2,2H3/b;5-4-. The fourth-order valence-electron chi connectivity index (χ4n) is 2.26. The number of rotatable bonds is 5. The number of allylic oxidation sites excluding steroid dienone is 3. The third kappa shape index (κ3) is 8.25. The Bertz CT molecular complexity index is 594. The highest BCUT2D eigenvalue weighted by molar-refractivity contribution is 7.84. The van der Waals surface area contributed by atoms with E-state index in [1.165, 1.54) is 0 Å². The Morgan fingerprint density at radius 2 is 2.24 bits per heavy atom. The van der Waals surface area contributed by atoms with Crippen molar-refractivity contribution in [2.24, 2.45) is 5.92 Å². The summed E-state index contributed by atoms with van der Waals surface area (Å²) in [6.45, 7) is 9.02. The van der Waals surface area contributed by atoms with E-state index in [9.17, 15) is 9.00 Å². The van der Waals surface area contributed by atoms with E-state index in [2.05, 4.69) is 17.2 Å². The molecule has 1 aromatic rings. The van der Waals surface area contributed by atoms with Crippen molar-refractivity contribution in [3.8, 4) is 0 Å². The van der Waals surface area contributed by atoms with Crippen LogP contribution in [-0.2, 0) is 15.5 Å². The summed E-state index contributed by atoms with van der Waals surface area (Å²) in [6.07, 6.45) is 7.15. The molecule has 1 aromatic carbocycles. The Hall–Kier alpha value is -1.76. The number of amides is 1. The molecule has 1 amide bonds. The van der Waals surface area contributed by atoms with Crippen LogP contribution in [0.4, 0.5) is 0 Å². The Kier molecular flexibility index (Phi) is 10.7. The van der Waals surface area contributed by atoms with Crippen LogP contribution in [0.5, 0.6) is 0 Å². The molecular formula is C19H28N2O3S. The number of benzene rings is 1. The number of hydrogen-bond donors (Lipinski definition) is 2. The van der Waals surface area contributed by atoms with E-state index in [0.717, 1.165) is 13.1 Å². The van der Waals surface area contributed by atoms with Crippen LogP contribution in [0.3, 0.4) is 0 Å². The Balaban J connectivity index is 0.000000550. The first-order valence-electron chi connectivity index (χ1n) is 8.33. The minimum absolute atomic E-state index is 0.181. The molecule has 0 saturated carbocycles. The van der Waals surface area contributed by atoms with Gasteiger partial charge in [0.05, 0.1) is 34.5 Å². The highest BCUT2D eigenvalue weighted by atomic mass is 32.2. The van der Waals surface area contributed by atoms with E-state index >= 15 is 0 Å². The highest BCUT2D eigenvalue weighted by Gasteiger charge is 2.16. The number of ether oxygens (including phenoxy) is 1. The van der Waals surface area contributed by atoms with Crippen LogP contribution in [0.1, 0.15) is 17.3 Å². The van der Waals surface area contributed by atoms with Gasteiger partial charge in [0.1, 0.15) is 0 Å². The molecule has 25 heavy (non-hydrogen) atoms. The predicted octanol–water partition coefficient (Wildman–Crippen LogP) is 2.14. The summed E-state index contributed by atoms with van der Waals surface area (Å²) in [6, 6.07) is 6.99. The lowest BCUT2D eigenvalue weighted by Gasteiger charge is -2.15. The van der Waals surface area contributed by atoms with Gasteiger partial charge in [0.25, 0.3) is 5.91 Å². The smallest absolute Gasteiger partial charge is 0.252 e. The maximum absolute atomic E-state index is 12.2. The summed E-state index contributed by atoms with van der Waals surface area (Å²) in [5.74, 6) is 0.0841. The topological polar surface area (TPSA) is 67.4 Å². The molecule has 0 radical (unpaired) electrons. The van der Waals surface area contributed by atoms with Gasteiger partial charge in [-0.1, -0.05) is 36.9 Å². The van der Waals surface area contributed by atoms with Gasteiger partial charge in [-0.15, -0.1) is 0 Å². The van der Waals surface area contributed by atoms with Crippen molar-refractivity contribution in [3.63, 3.8) is 0 Å². The first-order valence-corrected chi connectivity index (χ1v) is 9.88. The molecule has 2 rings (SSSR count). The molecule has 2 atom stereocenters. The molecule has 6 heteroatoms. The van der Waals surface area contributed by atoms with Crippen LogP contribution >= 0.6 is 0 Å². The molecule has 1 saturated heterocycles. The van der Waals surface area contributed by atoms with Gasteiger partial charge in [-0.2, -0.15) is 0 Å². The average Bonchev–Trinajstić information content (AvgIpc) is 2.89. The molecule has 1 heterocycles. The predicted molar refractivity (Wildman–Crippen MR) is 103 cm³/mol. The van der Waals surface area contributed by atoms with Crippen LogP contribution in [0, 0.1) is 5.92 Å². The van der Waals surface area contributed by atoms with Crippen LogP contribution < -0.4 is 10.6 Å². The van der Waals surface area contributed by atoms with Crippen molar-refractivity contribution in [3.05, 3.63) is 54.6 Å². The van der Waals surface area contributed by atoms with Crippen molar-refractivity contribution in [1.82, 2.24) is 10.6 Å². The van der Waals surface area contributed by atoms with E-state index in [0.29, 0.717) is 30.2 Å². The molecule has 0 spiro atoms. The van der Waals surface area contributed by atoms with E-state index in [-0.39, 0.29) is 11.8 Å². The molecule has 0 aliphatic carbocycles. The summed E-state index contributed by atoms with van der Waals surface area (Å²) < 4.78 is 17.1. The maximum atomic E-state index is 12.2. The summed E-state index contributed by atoms with van der Waals surface area (Å²) in [5, 5.41) is 6.16. The average molecular weight is 365 g/mol. The molecule has 0 bridgehead atoms. The molecule has 5 nitrogen and oxygen atoms in total. The monoisotopic (exact) mass is 364 g/mol. The molecular weight excluding hydrogens is 336 g/mol. The SMILES string of the molecule is C=C/C=C\C.CS(=O)c1ccccc1C(=O)NCC1CNCCOC1. The van der Waals surface area contributed by atoms with Crippen molar-refractivity contribution >= 4 is 16.7 Å². The second-order valence-electron chi connectivity index (χ2n) is 5.57. The quantitative estimate of drug-likeness (QED) is 0.786. The first-order chi connectivity index (χ1) is 12.1. The van der Waals surface area contributed by atoms with Crippen molar-refractivity contribution in [1.29, 1.82) is 0 Å². The molecule has 1 fully saturated rings. The maximum Gasteiger partial charge on any atom is 0.252 e. The molecule has 2 unspecified atom stereocenters. The number of nitrogens with one attached hydrogen (secondary N) is 2. The van der Waals surface area contributed by atoms with E-state index < -0.39 is 10.8 Å². The van der Waals surface area contributed by atoms with Gasteiger partial charge in [0, 0.05) is 31.8 Å². The van der Waals surface area contributed by atoms with Gasteiger partial charge >= 0.3 is 0 Å². The van der Waals surface area contributed by atoms with Crippen LogP contribution in [-0.4, -0.2) is 49.2 Å². The lowest BCUT2D eigenvalue weighted by atomic mass is 10.1. The lowest BCUT2D eigenvalue weighted by molar-refractivity contribution is 0.0918. The zero-order valence-electron chi connectivity index (χ0n) is 15.0. The van der Waals surface area contributed by atoms with E-state index in [4.69, 9.17) is 4.74 Å². The first kappa shape index (κ1) is 21.3. The van der Waals surface area contributed by atoms with Gasteiger partial charge in [0.15, 0.2) is 0 Å². The molecule has 1 aliphatic rings. The molecule has 2 N–H and O–H groups in total. The van der Waals surface area contributed by atoms with Gasteiger partial charge in [-0.25, -0.2) is 0 Å². The fraction of sp³-hybridized carbons (Fsp3) is 0.421. The lowest BCUT2D eigenvalue weighted by Crippen LogP contribution is -2.35. The number of hydrogen-bond acceptors (Lipinski definition) is 4. The highest BCUT2D eigenvalue weighted by Crippen LogP contribution is 2.12. The zero-order chi connectivity index (χ0) is 18.5. The van der Waals surface area contributed by atoms with Gasteiger partial charge in [0.2, 0.25) is 0 Å². The van der Waals surface area contributed by atoms with Crippen LogP contribution in [0.25, 0.3) is 0 Å². The van der Waals surface area contributed by atoms with Crippen LogP contribution in [0.2, 0.25) is 0 Å². The van der Waals surface area contributed by atoms with Gasteiger partial charge < -0.3 is 15.4 Å². The number of carbonyl (C=O) groups excluding carboxylic acids is 1.